The Morgan fingerprint density at radius 1 is 0.250 bits per heavy atom. The van der Waals surface area contributed by atoms with E-state index in [0.717, 1.165) is 89.9 Å². The molecule has 0 aromatic rings. The largest absolute Gasteiger partial charge is 0.472 e. The summed E-state index contributed by atoms with van der Waals surface area (Å²) in [4.78, 5) is 72.8. The smallest absolute Gasteiger partial charge is 0.462 e. The van der Waals surface area contributed by atoms with Gasteiger partial charge in [-0.15, -0.1) is 0 Å². The van der Waals surface area contributed by atoms with Gasteiger partial charge >= 0.3 is 39.5 Å². The van der Waals surface area contributed by atoms with Crippen LogP contribution in [-0.2, 0) is 65.4 Å². The van der Waals surface area contributed by atoms with Crippen molar-refractivity contribution in [2.75, 3.05) is 39.6 Å². The molecule has 0 spiro atoms. The van der Waals surface area contributed by atoms with Gasteiger partial charge in [-0.25, -0.2) is 9.13 Å². The van der Waals surface area contributed by atoms with Crippen molar-refractivity contribution in [1.82, 2.24) is 0 Å². The number of phosphoric acid groups is 2. The van der Waals surface area contributed by atoms with Gasteiger partial charge in [-0.05, 0) is 25.7 Å². The third kappa shape index (κ3) is 70.5. The molecule has 0 aromatic heterocycles. The molecule has 0 aliphatic rings. The summed E-state index contributed by atoms with van der Waals surface area (Å²) in [5.74, 6) is -2.11. The average molecular weight is 1410 g/mol. The molecular formula is C77H150O17P2. The van der Waals surface area contributed by atoms with Crippen LogP contribution < -0.4 is 0 Å². The summed E-state index contributed by atoms with van der Waals surface area (Å²) < 4.78 is 68.6. The first-order valence-corrected chi connectivity index (χ1v) is 43.3. The second kappa shape index (κ2) is 71.5. The van der Waals surface area contributed by atoms with Crippen molar-refractivity contribution < 1.29 is 80.2 Å². The Bertz CT molecular complexity index is 1830. The topological polar surface area (TPSA) is 237 Å². The van der Waals surface area contributed by atoms with Crippen molar-refractivity contribution in [2.45, 2.75) is 431 Å². The van der Waals surface area contributed by atoms with Gasteiger partial charge in [0.1, 0.15) is 19.3 Å². The summed E-state index contributed by atoms with van der Waals surface area (Å²) in [6.07, 6.45) is 62.3. The molecule has 5 atom stereocenters. The minimum Gasteiger partial charge on any atom is -0.462 e. The van der Waals surface area contributed by atoms with Gasteiger partial charge in [0, 0.05) is 25.7 Å². The number of ether oxygens (including phenoxy) is 4. The molecule has 0 bridgehead atoms. The summed E-state index contributed by atoms with van der Waals surface area (Å²) in [7, 11) is -9.91. The number of phosphoric ester groups is 2. The van der Waals surface area contributed by atoms with Crippen LogP contribution in [0.15, 0.2) is 0 Å². The van der Waals surface area contributed by atoms with E-state index in [1.165, 1.54) is 244 Å². The number of rotatable bonds is 78. The van der Waals surface area contributed by atoms with Gasteiger partial charge in [0.2, 0.25) is 0 Å². The number of aliphatic hydroxyl groups excluding tert-OH is 1. The Morgan fingerprint density at radius 3 is 0.615 bits per heavy atom. The van der Waals surface area contributed by atoms with Gasteiger partial charge in [-0.1, -0.05) is 362 Å². The molecule has 3 N–H and O–H groups in total. The molecule has 0 aromatic carbocycles. The molecular weight excluding hydrogens is 1260 g/mol. The Labute approximate surface area is 588 Å². The lowest BCUT2D eigenvalue weighted by molar-refractivity contribution is -0.161. The molecule has 2 unspecified atom stereocenters. The highest BCUT2D eigenvalue weighted by atomic mass is 31.2. The predicted octanol–water partition coefficient (Wildman–Crippen LogP) is 23.0. The molecule has 0 amide bonds. The van der Waals surface area contributed by atoms with Gasteiger partial charge in [0.15, 0.2) is 12.2 Å². The van der Waals surface area contributed by atoms with Crippen LogP contribution in [0.1, 0.15) is 413 Å². The first-order valence-electron chi connectivity index (χ1n) is 40.3. The number of carbonyl (C=O) groups excluding carboxylic acids is 4. The van der Waals surface area contributed by atoms with E-state index in [-0.39, 0.29) is 25.7 Å². The predicted molar refractivity (Wildman–Crippen MR) is 391 cm³/mol. The van der Waals surface area contributed by atoms with Crippen molar-refractivity contribution in [3.63, 3.8) is 0 Å². The number of carbonyl (C=O) groups is 4. The number of aliphatic hydroxyl groups is 1. The molecule has 0 rings (SSSR count). The Kier molecular flexibility index (Phi) is 70.0. The fourth-order valence-corrected chi connectivity index (χ4v) is 13.5. The van der Waals surface area contributed by atoms with Crippen LogP contribution >= 0.6 is 15.6 Å². The zero-order valence-electron chi connectivity index (χ0n) is 62.4. The van der Waals surface area contributed by atoms with Crippen molar-refractivity contribution in [3.05, 3.63) is 0 Å². The first-order chi connectivity index (χ1) is 46.7. The van der Waals surface area contributed by atoms with Gasteiger partial charge < -0.3 is 33.8 Å². The standard InChI is InChI=1S/C77H150O17P2/c1-5-9-13-17-21-25-29-32-34-36-38-41-44-48-52-56-60-64-77(82)94-73(68-88-75(80)62-58-54-50-46-42-40-37-35-33-30-26-22-18-14-10-6-2)70-92-96(85,86)90-66-71(78)65-89-95(83,84)91-69-72(67-87-74(79)61-57-53-49-45-28-24-20-16-12-8-4)93-76(81)63-59-55-51-47-43-39-31-27-23-19-15-11-7-3/h71-73,78H,5-70H2,1-4H3,(H,83,84)(H,85,86)/t71-,72+,73+/m0/s1. The van der Waals surface area contributed by atoms with Gasteiger partial charge in [-0.2, -0.15) is 0 Å². The SMILES string of the molecule is CCCCCCCCCCCCCCCCCCCC(=O)O[C@H](COC(=O)CCCCCCCCCCCCCCCCCC)COP(=O)(O)OC[C@@H](O)COP(=O)(O)OC[C@@H](COC(=O)CCCCCCCCCCCC)OC(=O)CCCCCCCCCCCCCCC. The summed E-state index contributed by atoms with van der Waals surface area (Å²) in [6, 6.07) is 0. The molecule has 17 nitrogen and oxygen atoms in total. The van der Waals surface area contributed by atoms with Gasteiger partial charge in [0.05, 0.1) is 26.4 Å². The van der Waals surface area contributed by atoms with E-state index in [0.29, 0.717) is 25.7 Å². The van der Waals surface area contributed by atoms with Crippen molar-refractivity contribution in [3.8, 4) is 0 Å². The normalized spacial score (nSPS) is 13.9. The number of hydrogen-bond acceptors (Lipinski definition) is 15. The van der Waals surface area contributed by atoms with Gasteiger partial charge in [-0.3, -0.25) is 37.3 Å². The molecule has 0 saturated heterocycles. The molecule has 0 heterocycles. The van der Waals surface area contributed by atoms with Crippen LogP contribution in [0.2, 0.25) is 0 Å². The maximum Gasteiger partial charge on any atom is 0.472 e. The van der Waals surface area contributed by atoms with E-state index in [1.807, 2.05) is 0 Å². The zero-order chi connectivity index (χ0) is 70.4. The Morgan fingerprint density at radius 2 is 0.417 bits per heavy atom. The maximum atomic E-state index is 13.1. The van der Waals surface area contributed by atoms with Crippen LogP contribution in [0.4, 0.5) is 0 Å². The summed E-state index contributed by atoms with van der Waals surface area (Å²) in [6.45, 7) is 5.00. The molecule has 0 aliphatic heterocycles. The molecule has 96 heavy (non-hydrogen) atoms. The number of hydrogen-bond donors (Lipinski definition) is 3. The van der Waals surface area contributed by atoms with E-state index in [9.17, 15) is 43.2 Å². The highest BCUT2D eigenvalue weighted by molar-refractivity contribution is 7.47. The minimum atomic E-state index is -4.96. The zero-order valence-corrected chi connectivity index (χ0v) is 64.1. The molecule has 0 fully saturated rings. The monoisotopic (exact) mass is 1410 g/mol. The molecule has 19 heteroatoms. The fraction of sp³-hybridized carbons (Fsp3) is 0.948. The van der Waals surface area contributed by atoms with Crippen molar-refractivity contribution in [1.29, 1.82) is 0 Å². The quantitative estimate of drug-likeness (QED) is 0.0222. The fourth-order valence-electron chi connectivity index (χ4n) is 11.9. The number of unbranched alkanes of at least 4 members (excludes halogenated alkanes) is 52. The lowest BCUT2D eigenvalue weighted by atomic mass is 10.0. The van der Waals surface area contributed by atoms with E-state index >= 15 is 0 Å². The van der Waals surface area contributed by atoms with E-state index in [2.05, 4.69) is 27.7 Å². The second-order valence-corrected chi connectivity index (χ2v) is 30.7. The first kappa shape index (κ1) is 94.1. The average Bonchev–Trinajstić information content (AvgIpc) is 1.64. The third-order valence-electron chi connectivity index (χ3n) is 18.1. The maximum absolute atomic E-state index is 13.1. The minimum absolute atomic E-state index is 0.108. The van der Waals surface area contributed by atoms with Crippen LogP contribution in [0.25, 0.3) is 0 Å². The highest BCUT2D eigenvalue weighted by Gasteiger charge is 2.30. The van der Waals surface area contributed by atoms with Crippen LogP contribution in [0.5, 0.6) is 0 Å². The second-order valence-electron chi connectivity index (χ2n) is 27.7. The third-order valence-corrected chi connectivity index (χ3v) is 20.0. The number of esters is 4. The lowest BCUT2D eigenvalue weighted by Gasteiger charge is -2.21. The van der Waals surface area contributed by atoms with E-state index in [4.69, 9.17) is 37.0 Å². The lowest BCUT2D eigenvalue weighted by Crippen LogP contribution is -2.30. The van der Waals surface area contributed by atoms with E-state index in [1.54, 1.807) is 0 Å². The molecule has 0 saturated carbocycles. The Hall–Kier alpha value is -1.94. The van der Waals surface area contributed by atoms with Crippen molar-refractivity contribution >= 4 is 39.5 Å². The molecule has 570 valence electrons. The summed E-state index contributed by atoms with van der Waals surface area (Å²) >= 11 is 0. The van der Waals surface area contributed by atoms with Crippen molar-refractivity contribution in [2.24, 2.45) is 0 Å². The van der Waals surface area contributed by atoms with Crippen LogP contribution in [0.3, 0.4) is 0 Å². The highest BCUT2D eigenvalue weighted by Crippen LogP contribution is 2.45. The van der Waals surface area contributed by atoms with Crippen LogP contribution in [-0.4, -0.2) is 96.7 Å². The Balaban J connectivity index is 5.24. The summed E-state index contributed by atoms with van der Waals surface area (Å²) in [5, 5.41) is 10.6. The molecule has 0 radical (unpaired) electrons. The molecule has 0 aliphatic carbocycles. The van der Waals surface area contributed by atoms with Gasteiger partial charge in [0.25, 0.3) is 0 Å². The van der Waals surface area contributed by atoms with E-state index < -0.39 is 97.5 Å². The summed E-state index contributed by atoms with van der Waals surface area (Å²) in [5.41, 5.74) is 0. The van der Waals surface area contributed by atoms with Crippen LogP contribution in [0, 0.1) is 0 Å².